The van der Waals surface area contributed by atoms with Crippen molar-refractivity contribution in [3.05, 3.63) is 227 Å². The number of hydrogen-bond acceptors (Lipinski definition) is 9. The number of benzene rings is 7. The van der Waals surface area contributed by atoms with Gasteiger partial charge in [-0.25, -0.2) is 32.9 Å². The number of ether oxygens (including phenoxy) is 1. The molecule has 4 aliphatic carbocycles. The third kappa shape index (κ3) is 14.3. The molecule has 0 spiro atoms. The second-order valence-corrected chi connectivity index (χ2v) is 29.5. The average molecular weight is 1350 g/mol. The van der Waals surface area contributed by atoms with E-state index in [0.29, 0.717) is 64.5 Å². The van der Waals surface area contributed by atoms with Crippen LogP contribution in [0.15, 0.2) is 164 Å². The van der Waals surface area contributed by atoms with Crippen LogP contribution in [0.3, 0.4) is 0 Å². The summed E-state index contributed by atoms with van der Waals surface area (Å²) in [4.78, 5) is 63.3. The molecule has 16 heteroatoms. The van der Waals surface area contributed by atoms with Crippen LogP contribution in [0.25, 0.3) is 76.6 Å². The fourth-order valence-corrected chi connectivity index (χ4v) is 16.8. The smallest absolute Gasteiger partial charge is 0.338 e. The van der Waals surface area contributed by atoms with Gasteiger partial charge >= 0.3 is 5.97 Å². The number of H-pyrrole nitrogens is 3. The molecule has 17 rings (SSSR count). The Labute approximate surface area is 586 Å². The number of pyridine rings is 3. The molecule has 3 atom stereocenters. The Kier molecular flexibility index (Phi) is 19.3. The number of carbonyl (C=O) groups is 2. The number of carbonyl (C=O) groups excluding carboxylic acids is 2. The van der Waals surface area contributed by atoms with Gasteiger partial charge in [-0.15, -0.1) is 0 Å². The normalized spacial score (nSPS) is 20.5. The van der Waals surface area contributed by atoms with Crippen LogP contribution in [0.1, 0.15) is 221 Å². The third-order valence-electron chi connectivity index (χ3n) is 22.9. The van der Waals surface area contributed by atoms with Crippen molar-refractivity contribution in [2.75, 3.05) is 0 Å². The lowest BCUT2D eigenvalue weighted by Crippen LogP contribution is -2.39. The van der Waals surface area contributed by atoms with E-state index in [0.717, 1.165) is 173 Å². The maximum atomic E-state index is 13.9. The zero-order valence-electron chi connectivity index (χ0n) is 58.1. The van der Waals surface area contributed by atoms with Gasteiger partial charge in [-0.05, 0) is 283 Å². The number of hydrogen-bond donors (Lipinski definition) is 4. The highest BCUT2D eigenvalue weighted by atomic mass is 19.1. The quantitative estimate of drug-likeness (QED) is 0.0817. The number of aromatic nitrogens is 9. The van der Waals surface area contributed by atoms with Gasteiger partial charge in [-0.3, -0.25) is 19.7 Å². The molecule has 4 N–H and O–H groups in total. The number of imidazole rings is 3. The molecular weight excluding hydrogens is 1270 g/mol. The Morgan fingerprint density at radius 3 is 1.29 bits per heavy atom. The summed E-state index contributed by atoms with van der Waals surface area (Å²) in [6.45, 7) is 10.5. The van der Waals surface area contributed by atoms with Gasteiger partial charge in [0.05, 0.1) is 61.3 Å². The molecule has 101 heavy (non-hydrogen) atoms. The van der Waals surface area contributed by atoms with Crippen molar-refractivity contribution in [2.24, 2.45) is 17.8 Å². The average Bonchev–Trinajstić information content (AvgIpc) is 1.77. The SMILES string of the molecule is CC(C)OC(=O)c1ccc2nc([C@H](C)C3CCC(c4ccnc5ccc(F)cc45)CC3)[nH]c2c1.CC(c1nc2c(ccc3ccccc32)[nH]1)C1CCC(c2ccnc3ccc(F)cc23)CC1.CC(c1nc2ccc(C(=O)NC3CCC3)cc2[nH]1)C1CCC(c2ccnc3ccc(F)cc23)CC1. The molecule has 2 unspecified atom stereocenters. The maximum absolute atomic E-state index is 13.9. The summed E-state index contributed by atoms with van der Waals surface area (Å²) in [5.74, 6) is 6.07. The number of nitrogens with zero attached hydrogens (tertiary/aromatic N) is 6. The van der Waals surface area contributed by atoms with Crippen LogP contribution in [0.5, 0.6) is 0 Å². The minimum atomic E-state index is -0.317. The number of fused-ring (bicyclic) bond motifs is 8. The summed E-state index contributed by atoms with van der Waals surface area (Å²) in [7, 11) is 0. The van der Waals surface area contributed by atoms with Gasteiger partial charge in [0.1, 0.15) is 34.9 Å². The van der Waals surface area contributed by atoms with Crippen LogP contribution in [0.4, 0.5) is 13.2 Å². The fraction of sp³-hybridized carbons (Fsp3) is 0.365. The first-order valence-corrected chi connectivity index (χ1v) is 36.6. The van der Waals surface area contributed by atoms with E-state index in [2.05, 4.69) is 111 Å². The number of aromatic amines is 3. The predicted octanol–water partition coefficient (Wildman–Crippen LogP) is 21.0. The van der Waals surface area contributed by atoms with Crippen LogP contribution < -0.4 is 5.32 Å². The molecule has 0 saturated heterocycles. The lowest BCUT2D eigenvalue weighted by Gasteiger charge is -2.32. The molecule has 4 fully saturated rings. The molecule has 1 amide bonds. The first kappa shape index (κ1) is 67.0. The molecule has 4 saturated carbocycles. The summed E-state index contributed by atoms with van der Waals surface area (Å²) >= 11 is 0. The van der Waals surface area contributed by atoms with E-state index >= 15 is 0 Å². The largest absolute Gasteiger partial charge is 0.459 e. The molecule has 7 aromatic carbocycles. The Bertz CT molecular complexity index is 5170. The number of esters is 1. The molecule has 0 radical (unpaired) electrons. The minimum absolute atomic E-state index is 0.00244. The van der Waals surface area contributed by atoms with Gasteiger partial charge in [-0.2, -0.15) is 0 Å². The van der Waals surface area contributed by atoms with Gasteiger partial charge in [0.15, 0.2) is 0 Å². The van der Waals surface area contributed by atoms with E-state index in [1.807, 2.05) is 62.8 Å². The predicted molar refractivity (Wildman–Crippen MR) is 396 cm³/mol. The van der Waals surface area contributed by atoms with E-state index < -0.39 is 0 Å². The van der Waals surface area contributed by atoms with Crippen LogP contribution in [-0.2, 0) is 4.74 Å². The van der Waals surface area contributed by atoms with Crippen molar-refractivity contribution >= 4 is 88.5 Å². The fourth-order valence-electron chi connectivity index (χ4n) is 16.8. The number of rotatable bonds is 13. The van der Waals surface area contributed by atoms with E-state index in [1.54, 1.807) is 42.5 Å². The van der Waals surface area contributed by atoms with Crippen molar-refractivity contribution in [3.63, 3.8) is 0 Å². The van der Waals surface area contributed by atoms with Gasteiger partial charge in [0.2, 0.25) is 0 Å². The van der Waals surface area contributed by atoms with E-state index in [-0.39, 0.29) is 41.4 Å². The Balaban J connectivity index is 0.000000123. The van der Waals surface area contributed by atoms with Gasteiger partial charge in [0, 0.05) is 69.5 Å². The van der Waals surface area contributed by atoms with Crippen LogP contribution in [0.2, 0.25) is 0 Å². The monoisotopic (exact) mass is 1350 g/mol. The highest BCUT2D eigenvalue weighted by Gasteiger charge is 2.33. The summed E-state index contributed by atoms with van der Waals surface area (Å²) in [5, 5.41) is 8.39. The molecule has 6 aromatic heterocycles. The van der Waals surface area contributed by atoms with Gasteiger partial charge in [0.25, 0.3) is 5.91 Å². The van der Waals surface area contributed by atoms with E-state index in [4.69, 9.17) is 19.7 Å². The summed E-state index contributed by atoms with van der Waals surface area (Å²) < 4.78 is 47.0. The molecule has 13 nitrogen and oxygen atoms in total. The minimum Gasteiger partial charge on any atom is -0.459 e. The molecular formula is C85H87F3N10O3. The lowest BCUT2D eigenvalue weighted by atomic mass is 9.73. The Hall–Kier alpha value is -9.83. The van der Waals surface area contributed by atoms with Crippen molar-refractivity contribution in [3.8, 4) is 0 Å². The number of nitrogens with one attached hydrogen (secondary N) is 4. The lowest BCUT2D eigenvalue weighted by molar-refractivity contribution is 0.0377. The summed E-state index contributed by atoms with van der Waals surface area (Å²) in [5.41, 5.74) is 13.2. The molecule has 516 valence electrons. The van der Waals surface area contributed by atoms with Crippen molar-refractivity contribution in [1.82, 2.24) is 50.2 Å². The summed E-state index contributed by atoms with van der Waals surface area (Å²) in [6.07, 6.45) is 22.0. The number of amides is 1. The van der Waals surface area contributed by atoms with E-state index in [9.17, 15) is 22.8 Å². The molecule has 13 aromatic rings. The molecule has 4 aliphatic rings. The standard InChI is InChI=1S/C29H31FN4O.C28H30FN3O2.C28H26FN3/c1-17(28-33-26-11-9-20(15-27(26)34-28)29(35)32-22-3-2-4-22)18-5-7-19(8-6-18)23-13-14-31-25-12-10-21(30)16-24(23)25;1-16(2)34-28(33)20-8-10-25-26(14-20)32-27(31-25)17(3)18-4-6-19(7-5-18)22-12-13-30-24-11-9-21(29)15-23(22)24;1-17(28-31-26-12-10-19-4-2-3-5-23(19)27(26)32-28)18-6-8-20(9-7-18)22-14-15-30-25-13-11-21(29)16-24(22)25/h9-19,22H,2-8H2,1H3,(H,32,35)(H,33,34);8-19H,4-7H2,1-3H3,(H,31,32);2-5,10-18,20H,6-9H2,1H3,(H,31,32)/t;17-,18?,19?;/m.1./s1. The molecule has 0 aliphatic heterocycles. The van der Waals surface area contributed by atoms with Crippen LogP contribution in [-0.4, -0.2) is 68.9 Å². The first-order valence-electron chi connectivity index (χ1n) is 36.6. The third-order valence-corrected chi connectivity index (χ3v) is 22.9. The van der Waals surface area contributed by atoms with Crippen molar-refractivity contribution < 1.29 is 27.5 Å². The van der Waals surface area contributed by atoms with E-state index in [1.165, 1.54) is 52.1 Å². The van der Waals surface area contributed by atoms with Gasteiger partial charge in [-0.1, -0.05) is 51.1 Å². The second-order valence-electron chi connectivity index (χ2n) is 29.5. The van der Waals surface area contributed by atoms with Crippen LogP contribution in [0, 0.1) is 35.2 Å². The molecule has 6 heterocycles. The Morgan fingerprint density at radius 1 is 0.426 bits per heavy atom. The zero-order chi connectivity index (χ0) is 69.4. The molecule has 0 bridgehead atoms. The van der Waals surface area contributed by atoms with Gasteiger partial charge < -0.3 is 25.0 Å². The highest BCUT2D eigenvalue weighted by molar-refractivity contribution is 6.04. The number of halogens is 3. The summed E-state index contributed by atoms with van der Waals surface area (Å²) in [6, 6.07) is 45.2. The topological polar surface area (TPSA) is 180 Å². The first-order chi connectivity index (χ1) is 49.1. The zero-order valence-corrected chi connectivity index (χ0v) is 58.1. The van der Waals surface area contributed by atoms with Crippen molar-refractivity contribution in [1.29, 1.82) is 0 Å². The van der Waals surface area contributed by atoms with Crippen molar-refractivity contribution in [2.45, 2.75) is 179 Å². The maximum Gasteiger partial charge on any atom is 0.338 e. The highest BCUT2D eigenvalue weighted by Crippen LogP contribution is 2.47. The second kappa shape index (κ2) is 29.0. The Morgan fingerprint density at radius 2 is 0.842 bits per heavy atom. The van der Waals surface area contributed by atoms with Crippen LogP contribution >= 0.6 is 0 Å².